The van der Waals surface area contributed by atoms with Crippen molar-refractivity contribution in [2.75, 3.05) is 39.4 Å². The van der Waals surface area contributed by atoms with Gasteiger partial charge in [-0.05, 0) is 19.3 Å². The van der Waals surface area contributed by atoms with Crippen LogP contribution in [0.3, 0.4) is 0 Å². The molecule has 1 saturated heterocycles. The van der Waals surface area contributed by atoms with E-state index < -0.39 is 11.8 Å². The summed E-state index contributed by atoms with van der Waals surface area (Å²) in [7, 11) is 0. The third kappa shape index (κ3) is 3.98. The summed E-state index contributed by atoms with van der Waals surface area (Å²) in [6, 6.07) is 0. The molecular weight excluding hydrogens is 224 g/mol. The van der Waals surface area contributed by atoms with E-state index in [4.69, 9.17) is 10.2 Å². The number of hydrogen-bond acceptors (Lipinski definition) is 4. The molecule has 1 heterocycles. The van der Waals surface area contributed by atoms with E-state index >= 15 is 0 Å². The van der Waals surface area contributed by atoms with Gasteiger partial charge in [-0.25, -0.2) is 0 Å². The van der Waals surface area contributed by atoms with Crippen molar-refractivity contribution in [1.82, 2.24) is 9.80 Å². The summed E-state index contributed by atoms with van der Waals surface area (Å²) in [5.74, 6) is -1.15. The maximum atomic E-state index is 11.9. The molecule has 1 aliphatic rings. The van der Waals surface area contributed by atoms with Gasteiger partial charge in [0, 0.05) is 26.2 Å². The smallest absolute Gasteiger partial charge is 0.312 e. The van der Waals surface area contributed by atoms with Crippen molar-refractivity contribution in [2.24, 2.45) is 0 Å². The van der Waals surface area contributed by atoms with Crippen molar-refractivity contribution in [1.29, 1.82) is 0 Å². The Morgan fingerprint density at radius 3 is 2.00 bits per heavy atom. The van der Waals surface area contributed by atoms with Crippen LogP contribution < -0.4 is 0 Å². The van der Waals surface area contributed by atoms with Gasteiger partial charge in [0.25, 0.3) is 0 Å². The molecule has 17 heavy (non-hydrogen) atoms. The SMILES string of the molecule is O=C(C(=O)N1CCCCC1)N(CCO)CCO. The summed E-state index contributed by atoms with van der Waals surface area (Å²) in [6.07, 6.45) is 2.95. The molecule has 2 amide bonds. The number of likely N-dealkylation sites (tertiary alicyclic amines) is 1. The van der Waals surface area contributed by atoms with Crippen molar-refractivity contribution in [3.63, 3.8) is 0 Å². The number of piperidine rings is 1. The monoisotopic (exact) mass is 244 g/mol. The molecule has 0 aliphatic carbocycles. The summed E-state index contributed by atoms with van der Waals surface area (Å²) in [4.78, 5) is 26.4. The van der Waals surface area contributed by atoms with Crippen molar-refractivity contribution in [3.05, 3.63) is 0 Å². The fraction of sp³-hybridized carbons (Fsp3) is 0.818. The Morgan fingerprint density at radius 1 is 1.00 bits per heavy atom. The molecular formula is C11H20N2O4. The van der Waals surface area contributed by atoms with Crippen LogP contribution in [0.2, 0.25) is 0 Å². The van der Waals surface area contributed by atoms with E-state index in [0.29, 0.717) is 13.1 Å². The number of rotatable bonds is 4. The van der Waals surface area contributed by atoms with Gasteiger partial charge in [-0.2, -0.15) is 0 Å². The summed E-state index contributed by atoms with van der Waals surface area (Å²) >= 11 is 0. The Morgan fingerprint density at radius 2 is 1.53 bits per heavy atom. The second-order valence-electron chi connectivity index (χ2n) is 4.09. The van der Waals surface area contributed by atoms with Crippen LogP contribution in [0.25, 0.3) is 0 Å². The standard InChI is InChI=1S/C11H20N2O4/c14-8-6-13(7-9-15)11(17)10(16)12-4-2-1-3-5-12/h14-15H,1-9H2. The van der Waals surface area contributed by atoms with Gasteiger partial charge < -0.3 is 20.0 Å². The van der Waals surface area contributed by atoms with Crippen LogP contribution in [0.5, 0.6) is 0 Å². The highest BCUT2D eigenvalue weighted by Crippen LogP contribution is 2.09. The first-order valence-corrected chi connectivity index (χ1v) is 6.00. The zero-order chi connectivity index (χ0) is 12.7. The zero-order valence-corrected chi connectivity index (χ0v) is 9.97. The number of aliphatic hydroxyl groups excluding tert-OH is 2. The van der Waals surface area contributed by atoms with Crippen molar-refractivity contribution < 1.29 is 19.8 Å². The first kappa shape index (κ1) is 13.9. The van der Waals surface area contributed by atoms with Crippen LogP contribution in [0, 0.1) is 0 Å². The fourth-order valence-electron chi connectivity index (χ4n) is 1.92. The number of nitrogens with zero attached hydrogens (tertiary/aromatic N) is 2. The highest BCUT2D eigenvalue weighted by molar-refractivity contribution is 6.34. The average molecular weight is 244 g/mol. The van der Waals surface area contributed by atoms with Gasteiger partial charge in [-0.1, -0.05) is 0 Å². The summed E-state index contributed by atoms with van der Waals surface area (Å²) < 4.78 is 0. The zero-order valence-electron chi connectivity index (χ0n) is 9.97. The molecule has 0 unspecified atom stereocenters. The molecule has 6 heteroatoms. The molecule has 2 N–H and O–H groups in total. The number of amides is 2. The summed E-state index contributed by atoms with van der Waals surface area (Å²) in [6.45, 7) is 0.989. The minimum Gasteiger partial charge on any atom is -0.395 e. The highest BCUT2D eigenvalue weighted by Gasteiger charge is 2.27. The molecule has 6 nitrogen and oxygen atoms in total. The molecule has 0 atom stereocenters. The fourth-order valence-corrected chi connectivity index (χ4v) is 1.92. The number of hydrogen-bond donors (Lipinski definition) is 2. The van der Waals surface area contributed by atoms with Gasteiger partial charge in [0.05, 0.1) is 13.2 Å². The van der Waals surface area contributed by atoms with E-state index in [2.05, 4.69) is 0 Å². The topological polar surface area (TPSA) is 81.1 Å². The lowest BCUT2D eigenvalue weighted by atomic mass is 10.1. The van der Waals surface area contributed by atoms with Gasteiger partial charge >= 0.3 is 11.8 Å². The third-order valence-electron chi connectivity index (χ3n) is 2.85. The minimum atomic E-state index is -0.630. The minimum absolute atomic E-state index is 0.0823. The quantitative estimate of drug-likeness (QED) is 0.609. The third-order valence-corrected chi connectivity index (χ3v) is 2.85. The molecule has 0 bridgehead atoms. The van der Waals surface area contributed by atoms with Gasteiger partial charge in [-0.3, -0.25) is 9.59 Å². The maximum absolute atomic E-state index is 11.9. The second kappa shape index (κ2) is 7.24. The molecule has 1 rings (SSSR count). The number of carbonyl (C=O) groups is 2. The normalized spacial score (nSPS) is 15.8. The van der Waals surface area contributed by atoms with Crippen LogP contribution in [0.15, 0.2) is 0 Å². The largest absolute Gasteiger partial charge is 0.395 e. The summed E-state index contributed by atoms with van der Waals surface area (Å²) in [5, 5.41) is 17.6. The van der Waals surface area contributed by atoms with Crippen LogP contribution in [0.1, 0.15) is 19.3 Å². The van der Waals surface area contributed by atoms with Crippen LogP contribution in [-0.2, 0) is 9.59 Å². The Bertz CT molecular complexity index is 258. The molecule has 98 valence electrons. The first-order valence-electron chi connectivity index (χ1n) is 6.00. The Hall–Kier alpha value is -1.14. The van der Waals surface area contributed by atoms with Gasteiger partial charge in [-0.15, -0.1) is 0 Å². The van der Waals surface area contributed by atoms with Crippen LogP contribution in [-0.4, -0.2) is 71.2 Å². The molecule has 1 fully saturated rings. The van der Waals surface area contributed by atoms with Crippen molar-refractivity contribution >= 4 is 11.8 Å². The Labute approximate surface area is 101 Å². The van der Waals surface area contributed by atoms with Crippen molar-refractivity contribution in [2.45, 2.75) is 19.3 Å². The summed E-state index contributed by atoms with van der Waals surface area (Å²) in [5.41, 5.74) is 0. The second-order valence-corrected chi connectivity index (χ2v) is 4.09. The van der Waals surface area contributed by atoms with Crippen molar-refractivity contribution in [3.8, 4) is 0 Å². The molecule has 0 saturated carbocycles. The van der Waals surface area contributed by atoms with E-state index in [1.54, 1.807) is 4.90 Å². The Balaban J connectivity index is 2.55. The molecule has 0 aromatic rings. The van der Waals surface area contributed by atoms with E-state index in [9.17, 15) is 9.59 Å². The molecule has 0 radical (unpaired) electrons. The van der Waals surface area contributed by atoms with Gasteiger partial charge in [0.15, 0.2) is 0 Å². The van der Waals surface area contributed by atoms with Gasteiger partial charge in [0.1, 0.15) is 0 Å². The van der Waals surface area contributed by atoms with E-state index in [-0.39, 0.29) is 26.3 Å². The van der Waals surface area contributed by atoms with Crippen LogP contribution >= 0.6 is 0 Å². The predicted molar refractivity (Wildman–Crippen MR) is 61.2 cm³/mol. The number of aliphatic hydroxyl groups is 2. The first-order chi connectivity index (χ1) is 8.20. The lowest BCUT2D eigenvalue weighted by Crippen LogP contribution is -2.48. The average Bonchev–Trinajstić information content (AvgIpc) is 2.38. The number of carbonyl (C=O) groups excluding carboxylic acids is 2. The molecule has 0 spiro atoms. The Kier molecular flexibility index (Phi) is 5.93. The lowest BCUT2D eigenvalue weighted by Gasteiger charge is -2.28. The van der Waals surface area contributed by atoms with E-state index in [1.165, 1.54) is 4.90 Å². The molecule has 1 aliphatic heterocycles. The lowest BCUT2D eigenvalue weighted by molar-refractivity contribution is -0.152. The molecule has 0 aromatic heterocycles. The highest BCUT2D eigenvalue weighted by atomic mass is 16.3. The molecule has 0 aromatic carbocycles. The van der Waals surface area contributed by atoms with Gasteiger partial charge in [0.2, 0.25) is 0 Å². The van der Waals surface area contributed by atoms with Crippen LogP contribution in [0.4, 0.5) is 0 Å². The maximum Gasteiger partial charge on any atom is 0.312 e. The van der Waals surface area contributed by atoms with E-state index in [0.717, 1.165) is 19.3 Å². The van der Waals surface area contributed by atoms with E-state index in [1.807, 2.05) is 0 Å². The predicted octanol–water partition coefficient (Wildman–Crippen LogP) is -1.19.